The molecule has 4 rings (SSSR count). The fraction of sp³-hybridized carbons (Fsp3) is 0.167. The minimum atomic E-state index is -0.533. The van der Waals surface area contributed by atoms with Crippen LogP contribution in [0.25, 0.3) is 21.8 Å². The van der Waals surface area contributed by atoms with Crippen LogP contribution in [0, 0.1) is 0 Å². The summed E-state index contributed by atoms with van der Waals surface area (Å²) in [4.78, 5) is 8.82. The Balaban J connectivity index is 1.29. The Morgan fingerprint density at radius 1 is 0.931 bits per heavy atom. The van der Waals surface area contributed by atoms with Crippen molar-refractivity contribution in [2.24, 2.45) is 0 Å². The maximum atomic E-state index is 10.2. The fourth-order valence-electron chi connectivity index (χ4n) is 3.12. The predicted octanol–water partition coefficient (Wildman–Crippen LogP) is 4.74. The zero-order valence-electron chi connectivity index (χ0n) is 16.0. The van der Waals surface area contributed by atoms with Crippen molar-refractivity contribution in [2.75, 3.05) is 13.1 Å². The number of hydrogen-bond donors (Lipinski definition) is 2. The van der Waals surface area contributed by atoms with Gasteiger partial charge in [-0.15, -0.1) is 11.3 Å². The normalized spacial score (nSPS) is 12.0. The van der Waals surface area contributed by atoms with Crippen LogP contribution in [0.3, 0.4) is 0 Å². The number of benzene rings is 2. The van der Waals surface area contributed by atoms with Gasteiger partial charge in [-0.2, -0.15) is 0 Å². The van der Waals surface area contributed by atoms with E-state index in [9.17, 15) is 5.11 Å². The van der Waals surface area contributed by atoms with Crippen molar-refractivity contribution >= 4 is 11.3 Å². The van der Waals surface area contributed by atoms with Crippen LogP contribution in [0.4, 0.5) is 0 Å². The number of aliphatic hydroxyl groups is 1. The molecule has 4 nitrogen and oxygen atoms in total. The maximum Gasteiger partial charge on any atom is 0.124 e. The molecule has 2 N–H and O–H groups in total. The Morgan fingerprint density at radius 2 is 1.76 bits per heavy atom. The molecule has 29 heavy (non-hydrogen) atoms. The Kier molecular flexibility index (Phi) is 6.42. The molecular weight excluding hydrogens is 378 g/mol. The van der Waals surface area contributed by atoms with Crippen molar-refractivity contribution < 1.29 is 5.11 Å². The molecule has 0 unspecified atom stereocenters. The van der Waals surface area contributed by atoms with Gasteiger partial charge in [0.1, 0.15) is 5.01 Å². The van der Waals surface area contributed by atoms with Crippen LogP contribution in [-0.4, -0.2) is 28.2 Å². The van der Waals surface area contributed by atoms with Crippen LogP contribution in [0.15, 0.2) is 84.5 Å². The number of nitrogens with zero attached hydrogens (tertiary/aromatic N) is 2. The van der Waals surface area contributed by atoms with Crippen molar-refractivity contribution in [1.82, 2.24) is 15.3 Å². The molecule has 146 valence electrons. The molecule has 0 radical (unpaired) electrons. The SMILES string of the molecule is O[C@@H](CNCCc1ccc(-c2csc(-c3ccccc3)n2)cc1)c1cccnc1. The van der Waals surface area contributed by atoms with E-state index >= 15 is 0 Å². The first kappa shape index (κ1) is 19.5. The predicted molar refractivity (Wildman–Crippen MR) is 119 cm³/mol. The molecule has 0 aliphatic carbocycles. The fourth-order valence-corrected chi connectivity index (χ4v) is 3.96. The number of aromatic nitrogens is 2. The molecule has 0 saturated carbocycles. The third kappa shape index (κ3) is 5.15. The van der Waals surface area contributed by atoms with E-state index in [-0.39, 0.29) is 0 Å². The van der Waals surface area contributed by atoms with E-state index in [0.717, 1.165) is 40.4 Å². The molecule has 0 fully saturated rings. The van der Waals surface area contributed by atoms with Crippen molar-refractivity contribution in [3.63, 3.8) is 0 Å². The van der Waals surface area contributed by atoms with E-state index in [1.54, 1.807) is 23.7 Å². The van der Waals surface area contributed by atoms with Crippen LogP contribution in [0.5, 0.6) is 0 Å². The highest BCUT2D eigenvalue weighted by Gasteiger charge is 2.08. The average Bonchev–Trinajstić information content (AvgIpc) is 3.28. The summed E-state index contributed by atoms with van der Waals surface area (Å²) in [6.07, 6.45) is 3.79. The van der Waals surface area contributed by atoms with Gasteiger partial charge in [0.2, 0.25) is 0 Å². The minimum Gasteiger partial charge on any atom is -0.387 e. The lowest BCUT2D eigenvalue weighted by molar-refractivity contribution is 0.174. The molecular formula is C24H23N3OS. The molecule has 4 aromatic rings. The lowest BCUT2D eigenvalue weighted by Crippen LogP contribution is -2.23. The lowest BCUT2D eigenvalue weighted by Gasteiger charge is -2.11. The van der Waals surface area contributed by atoms with E-state index in [4.69, 9.17) is 4.98 Å². The largest absolute Gasteiger partial charge is 0.387 e. The third-order valence-corrected chi connectivity index (χ3v) is 5.66. The molecule has 2 aromatic carbocycles. The Bertz CT molecular complexity index is 1020. The van der Waals surface area contributed by atoms with Crippen LogP contribution >= 0.6 is 11.3 Å². The summed E-state index contributed by atoms with van der Waals surface area (Å²) in [6.45, 7) is 1.33. The van der Waals surface area contributed by atoms with E-state index < -0.39 is 6.10 Å². The highest BCUT2D eigenvalue weighted by Crippen LogP contribution is 2.28. The molecule has 0 aliphatic heterocycles. The summed E-state index contributed by atoms with van der Waals surface area (Å²) in [6, 6.07) is 22.5. The minimum absolute atomic E-state index is 0.519. The van der Waals surface area contributed by atoms with Crippen molar-refractivity contribution in [3.05, 3.63) is 95.6 Å². The van der Waals surface area contributed by atoms with Gasteiger partial charge in [0.25, 0.3) is 0 Å². The number of thiazole rings is 1. The summed E-state index contributed by atoms with van der Waals surface area (Å²) < 4.78 is 0. The van der Waals surface area contributed by atoms with Crippen molar-refractivity contribution in [1.29, 1.82) is 0 Å². The van der Waals surface area contributed by atoms with E-state index in [2.05, 4.69) is 52.1 Å². The van der Waals surface area contributed by atoms with Gasteiger partial charge in [-0.1, -0.05) is 60.7 Å². The zero-order valence-corrected chi connectivity index (χ0v) is 16.8. The first-order valence-corrected chi connectivity index (χ1v) is 10.6. The van der Waals surface area contributed by atoms with Gasteiger partial charge in [0.05, 0.1) is 11.8 Å². The van der Waals surface area contributed by atoms with Crippen LogP contribution < -0.4 is 5.32 Å². The van der Waals surface area contributed by atoms with Crippen LogP contribution in [0.1, 0.15) is 17.2 Å². The molecule has 0 spiro atoms. The van der Waals surface area contributed by atoms with Gasteiger partial charge < -0.3 is 10.4 Å². The summed E-state index contributed by atoms with van der Waals surface area (Å²) in [5.41, 5.74) is 5.39. The van der Waals surface area contributed by atoms with Gasteiger partial charge >= 0.3 is 0 Å². The average molecular weight is 402 g/mol. The summed E-state index contributed by atoms with van der Waals surface area (Å²) in [7, 11) is 0. The quantitative estimate of drug-likeness (QED) is 0.419. The third-order valence-electron chi connectivity index (χ3n) is 4.77. The Hall–Kier alpha value is -2.86. The number of pyridine rings is 1. The number of hydrogen-bond acceptors (Lipinski definition) is 5. The van der Waals surface area contributed by atoms with E-state index in [1.807, 2.05) is 30.3 Å². The molecule has 5 heteroatoms. The smallest absolute Gasteiger partial charge is 0.124 e. The van der Waals surface area contributed by atoms with Crippen molar-refractivity contribution in [2.45, 2.75) is 12.5 Å². The second-order valence-corrected chi connectivity index (χ2v) is 7.72. The van der Waals surface area contributed by atoms with Gasteiger partial charge in [-0.05, 0) is 24.6 Å². The Morgan fingerprint density at radius 3 is 2.52 bits per heavy atom. The summed E-state index contributed by atoms with van der Waals surface area (Å²) >= 11 is 1.67. The second kappa shape index (κ2) is 9.56. The molecule has 1 atom stereocenters. The van der Waals surface area contributed by atoms with Crippen LogP contribution in [-0.2, 0) is 6.42 Å². The second-order valence-electron chi connectivity index (χ2n) is 6.86. The standard InChI is InChI=1S/C24H23N3OS/c28-23(21-7-4-13-25-15-21)16-26-14-12-18-8-10-19(11-9-18)22-17-29-24(27-22)20-5-2-1-3-6-20/h1-11,13,15,17,23,26,28H,12,14,16H2/t23-/m0/s1. The van der Waals surface area contributed by atoms with Gasteiger partial charge in [0.15, 0.2) is 0 Å². The molecule has 2 aromatic heterocycles. The van der Waals surface area contributed by atoms with Gasteiger partial charge in [-0.3, -0.25) is 4.98 Å². The van der Waals surface area contributed by atoms with E-state index in [0.29, 0.717) is 6.54 Å². The Labute approximate surface area is 174 Å². The molecule has 0 bridgehead atoms. The highest BCUT2D eigenvalue weighted by molar-refractivity contribution is 7.13. The number of aliphatic hydroxyl groups excluding tert-OH is 1. The van der Waals surface area contributed by atoms with Crippen LogP contribution in [0.2, 0.25) is 0 Å². The number of rotatable bonds is 8. The zero-order chi connectivity index (χ0) is 19.9. The first-order chi connectivity index (χ1) is 14.3. The lowest BCUT2D eigenvalue weighted by atomic mass is 10.1. The first-order valence-electron chi connectivity index (χ1n) is 9.68. The van der Waals surface area contributed by atoms with Gasteiger partial charge in [0, 0.05) is 41.0 Å². The summed E-state index contributed by atoms with van der Waals surface area (Å²) in [5, 5.41) is 16.6. The molecule has 0 aliphatic rings. The van der Waals surface area contributed by atoms with Crippen molar-refractivity contribution in [3.8, 4) is 21.8 Å². The summed E-state index contributed by atoms with van der Waals surface area (Å²) in [5.74, 6) is 0. The maximum absolute atomic E-state index is 10.2. The monoisotopic (exact) mass is 401 g/mol. The molecule has 0 amide bonds. The van der Waals surface area contributed by atoms with E-state index in [1.165, 1.54) is 5.56 Å². The topological polar surface area (TPSA) is 58.0 Å². The van der Waals surface area contributed by atoms with Gasteiger partial charge in [-0.25, -0.2) is 4.98 Å². The molecule has 2 heterocycles. The molecule has 0 saturated heterocycles. The number of nitrogens with one attached hydrogen (secondary N) is 1. The highest BCUT2D eigenvalue weighted by atomic mass is 32.1.